The van der Waals surface area contributed by atoms with Crippen molar-refractivity contribution >= 4 is 0 Å². The van der Waals surface area contributed by atoms with Crippen LogP contribution in [0.5, 0.6) is 0 Å². The van der Waals surface area contributed by atoms with Gasteiger partial charge in [0.15, 0.2) is 0 Å². The first kappa shape index (κ1) is 11.6. The molecule has 0 saturated carbocycles. The molecule has 0 bridgehead atoms. The largest absolute Gasteiger partial charge is 0.392 e. The van der Waals surface area contributed by atoms with Gasteiger partial charge in [-0.1, -0.05) is 5.16 Å². The minimum absolute atomic E-state index is 0.204. The predicted octanol–water partition coefficient (Wildman–Crippen LogP) is 0.171. The molecule has 0 aliphatic carbocycles. The summed E-state index contributed by atoms with van der Waals surface area (Å²) in [5, 5.41) is 13.4. The summed E-state index contributed by atoms with van der Waals surface area (Å²) >= 11 is 0. The molecular formula is C11H19N3O2. The maximum atomic E-state index is 9.71. The van der Waals surface area contributed by atoms with Crippen molar-refractivity contribution in [3.63, 3.8) is 0 Å². The predicted molar refractivity (Wildman–Crippen MR) is 59.9 cm³/mol. The zero-order valence-corrected chi connectivity index (χ0v) is 9.83. The molecular weight excluding hydrogens is 206 g/mol. The van der Waals surface area contributed by atoms with Crippen LogP contribution in [0.2, 0.25) is 0 Å². The molecule has 90 valence electrons. The Morgan fingerprint density at radius 3 is 3.06 bits per heavy atom. The summed E-state index contributed by atoms with van der Waals surface area (Å²) in [5.41, 5.74) is 1.07. The summed E-state index contributed by atoms with van der Waals surface area (Å²) in [6.07, 6.45) is 4.04. The Labute approximate surface area is 95.6 Å². The molecule has 0 amide bonds. The van der Waals surface area contributed by atoms with Crippen LogP contribution in [0.15, 0.2) is 17.0 Å². The summed E-state index contributed by atoms with van der Waals surface area (Å²) in [6, 6.07) is 0.417. The summed E-state index contributed by atoms with van der Waals surface area (Å²) in [6.45, 7) is 2.52. The number of β-amino-alcohol motifs (C(OH)–C–C–N with tert-alkyl or cyclic N) is 1. The van der Waals surface area contributed by atoms with Crippen molar-refractivity contribution in [2.24, 2.45) is 0 Å². The molecule has 1 aliphatic heterocycles. The Morgan fingerprint density at radius 2 is 2.44 bits per heavy atom. The second-order valence-electron chi connectivity index (χ2n) is 4.77. The first-order valence-corrected chi connectivity index (χ1v) is 5.60. The monoisotopic (exact) mass is 225 g/mol. The highest BCUT2D eigenvalue weighted by Gasteiger charge is 2.31. The SMILES string of the molecule is CN(C)CC1CC(O)CN1Cc1cnoc1. The van der Waals surface area contributed by atoms with Gasteiger partial charge in [-0.2, -0.15) is 0 Å². The van der Waals surface area contributed by atoms with Gasteiger partial charge in [0.2, 0.25) is 0 Å². The van der Waals surface area contributed by atoms with E-state index in [1.54, 1.807) is 12.5 Å². The average Bonchev–Trinajstić information content (AvgIpc) is 2.77. The lowest BCUT2D eigenvalue weighted by Crippen LogP contribution is -2.37. The van der Waals surface area contributed by atoms with E-state index in [2.05, 4.69) is 29.1 Å². The number of rotatable bonds is 4. The first-order chi connectivity index (χ1) is 7.65. The second-order valence-corrected chi connectivity index (χ2v) is 4.77. The Morgan fingerprint density at radius 1 is 1.62 bits per heavy atom. The standard InChI is InChI=1S/C11H19N3O2/c1-13(2)6-10-3-11(15)7-14(10)5-9-4-12-16-8-9/h4,8,10-11,15H,3,5-7H2,1-2H3. The van der Waals surface area contributed by atoms with Gasteiger partial charge < -0.3 is 14.5 Å². The molecule has 1 fully saturated rings. The normalized spacial score (nSPS) is 26.8. The van der Waals surface area contributed by atoms with E-state index >= 15 is 0 Å². The van der Waals surface area contributed by atoms with Crippen molar-refractivity contribution in [1.82, 2.24) is 15.0 Å². The summed E-state index contributed by atoms with van der Waals surface area (Å²) in [7, 11) is 4.12. The van der Waals surface area contributed by atoms with Crippen LogP contribution in [-0.2, 0) is 6.54 Å². The van der Waals surface area contributed by atoms with Gasteiger partial charge in [-0.3, -0.25) is 4.90 Å². The minimum atomic E-state index is -0.204. The van der Waals surface area contributed by atoms with Crippen LogP contribution in [0.1, 0.15) is 12.0 Å². The highest BCUT2D eigenvalue weighted by Crippen LogP contribution is 2.20. The lowest BCUT2D eigenvalue weighted by atomic mass is 10.2. The zero-order valence-electron chi connectivity index (χ0n) is 9.83. The first-order valence-electron chi connectivity index (χ1n) is 5.60. The fourth-order valence-corrected chi connectivity index (χ4v) is 2.30. The Hall–Kier alpha value is -0.910. The smallest absolute Gasteiger partial charge is 0.128 e. The van der Waals surface area contributed by atoms with Crippen LogP contribution in [0, 0.1) is 0 Å². The lowest BCUT2D eigenvalue weighted by molar-refractivity contribution is 0.169. The molecule has 2 atom stereocenters. The van der Waals surface area contributed by atoms with Gasteiger partial charge in [-0.15, -0.1) is 0 Å². The van der Waals surface area contributed by atoms with Gasteiger partial charge in [0.25, 0.3) is 0 Å². The average molecular weight is 225 g/mol. The van der Waals surface area contributed by atoms with Gasteiger partial charge in [-0.25, -0.2) is 0 Å². The Kier molecular flexibility index (Phi) is 3.58. The summed E-state index contributed by atoms with van der Waals surface area (Å²) < 4.78 is 4.82. The molecule has 1 aromatic rings. The van der Waals surface area contributed by atoms with Crippen molar-refractivity contribution in [3.8, 4) is 0 Å². The molecule has 2 unspecified atom stereocenters. The van der Waals surface area contributed by atoms with Gasteiger partial charge in [0.05, 0.1) is 12.3 Å². The van der Waals surface area contributed by atoms with E-state index < -0.39 is 0 Å². The molecule has 1 N–H and O–H groups in total. The van der Waals surface area contributed by atoms with E-state index in [0.717, 1.165) is 31.6 Å². The highest BCUT2D eigenvalue weighted by molar-refractivity contribution is 5.02. The number of aliphatic hydroxyl groups is 1. The molecule has 0 aromatic carbocycles. The fraction of sp³-hybridized carbons (Fsp3) is 0.727. The van der Waals surface area contributed by atoms with Crippen molar-refractivity contribution in [3.05, 3.63) is 18.0 Å². The van der Waals surface area contributed by atoms with Crippen LogP contribution in [0.3, 0.4) is 0 Å². The number of hydrogen-bond acceptors (Lipinski definition) is 5. The van der Waals surface area contributed by atoms with Crippen molar-refractivity contribution in [2.75, 3.05) is 27.2 Å². The highest BCUT2D eigenvalue weighted by atomic mass is 16.5. The number of nitrogens with zero attached hydrogens (tertiary/aromatic N) is 3. The van der Waals surface area contributed by atoms with E-state index in [9.17, 15) is 5.11 Å². The van der Waals surface area contributed by atoms with Crippen LogP contribution in [-0.4, -0.2) is 59.4 Å². The zero-order chi connectivity index (χ0) is 11.5. The van der Waals surface area contributed by atoms with Gasteiger partial charge in [0.1, 0.15) is 6.26 Å². The second kappa shape index (κ2) is 4.95. The molecule has 1 aliphatic rings. The van der Waals surface area contributed by atoms with E-state index in [1.165, 1.54) is 0 Å². The van der Waals surface area contributed by atoms with Crippen LogP contribution < -0.4 is 0 Å². The number of aromatic nitrogens is 1. The van der Waals surface area contributed by atoms with E-state index in [4.69, 9.17) is 4.52 Å². The van der Waals surface area contributed by atoms with E-state index in [0.29, 0.717) is 6.04 Å². The molecule has 5 heteroatoms. The minimum Gasteiger partial charge on any atom is -0.392 e. The van der Waals surface area contributed by atoms with Crippen LogP contribution in [0.25, 0.3) is 0 Å². The molecule has 16 heavy (non-hydrogen) atoms. The number of likely N-dealkylation sites (N-methyl/N-ethyl adjacent to an activating group) is 1. The third kappa shape index (κ3) is 2.81. The third-order valence-corrected chi connectivity index (χ3v) is 2.95. The fourth-order valence-electron chi connectivity index (χ4n) is 2.30. The molecule has 1 aromatic heterocycles. The quantitative estimate of drug-likeness (QED) is 0.791. The molecule has 1 saturated heterocycles. The summed E-state index contributed by atoms with van der Waals surface area (Å²) in [5.74, 6) is 0. The molecule has 2 heterocycles. The number of hydrogen-bond donors (Lipinski definition) is 1. The molecule has 0 spiro atoms. The molecule has 2 rings (SSSR count). The topological polar surface area (TPSA) is 52.7 Å². The number of aliphatic hydroxyl groups excluding tert-OH is 1. The van der Waals surface area contributed by atoms with Crippen molar-refractivity contribution in [1.29, 1.82) is 0 Å². The maximum absolute atomic E-state index is 9.71. The van der Waals surface area contributed by atoms with Gasteiger partial charge >= 0.3 is 0 Å². The maximum Gasteiger partial charge on any atom is 0.128 e. The third-order valence-electron chi connectivity index (χ3n) is 2.95. The van der Waals surface area contributed by atoms with Crippen molar-refractivity contribution in [2.45, 2.75) is 25.1 Å². The summed E-state index contributed by atoms with van der Waals surface area (Å²) in [4.78, 5) is 4.44. The number of likely N-dealkylation sites (tertiary alicyclic amines) is 1. The molecule has 5 nitrogen and oxygen atoms in total. The Balaban J connectivity index is 1.95. The van der Waals surface area contributed by atoms with E-state index in [-0.39, 0.29) is 6.10 Å². The van der Waals surface area contributed by atoms with Crippen LogP contribution in [0.4, 0.5) is 0 Å². The van der Waals surface area contributed by atoms with Crippen LogP contribution >= 0.6 is 0 Å². The van der Waals surface area contributed by atoms with Gasteiger partial charge in [-0.05, 0) is 20.5 Å². The van der Waals surface area contributed by atoms with E-state index in [1.807, 2.05) is 0 Å². The van der Waals surface area contributed by atoms with Crippen molar-refractivity contribution < 1.29 is 9.63 Å². The Bertz CT molecular complexity index is 313. The molecule has 0 radical (unpaired) electrons. The lowest BCUT2D eigenvalue weighted by Gasteiger charge is -2.25. The van der Waals surface area contributed by atoms with Gasteiger partial charge in [0, 0.05) is 31.2 Å².